The number of carbonyl (C=O) groups excluding carboxylic acids is 2. The first kappa shape index (κ1) is 20.8. The van der Waals surface area contributed by atoms with E-state index in [4.69, 9.17) is 8.53 Å². The SMILES string of the molecule is [2H]c1c(C(=O)[O-])oc2c(CCC)c3c(c([2H])c2c1=O)c(=O)c([2H])c(C(=O)[O-])n3CC.[Na+].[Na+]. The largest absolute Gasteiger partial charge is 1.00 e. The molecule has 0 radical (unpaired) electrons. The molecule has 0 saturated carbocycles. The van der Waals surface area contributed by atoms with E-state index in [1.165, 1.54) is 0 Å². The van der Waals surface area contributed by atoms with Gasteiger partial charge in [0.25, 0.3) is 0 Å². The Morgan fingerprint density at radius 3 is 2.17 bits per heavy atom. The fraction of sp³-hybridized carbons (Fsp3) is 0.263. The van der Waals surface area contributed by atoms with Crippen LogP contribution in [-0.2, 0) is 13.0 Å². The Bertz CT molecular complexity index is 1380. The minimum absolute atomic E-state index is 0. The molecule has 0 N–H and O–H groups in total. The average molecular weight is 418 g/mol. The molecule has 0 aliphatic heterocycles. The van der Waals surface area contributed by atoms with E-state index in [0.29, 0.717) is 6.42 Å². The molecule has 1 aromatic carbocycles. The second-order valence-corrected chi connectivity index (χ2v) is 5.79. The molecule has 140 valence electrons. The van der Waals surface area contributed by atoms with Gasteiger partial charge in [-0.25, -0.2) is 0 Å². The van der Waals surface area contributed by atoms with Crippen molar-refractivity contribution in [3.63, 3.8) is 0 Å². The van der Waals surface area contributed by atoms with Crippen LogP contribution < -0.4 is 80.2 Å². The summed E-state index contributed by atoms with van der Waals surface area (Å²) in [6, 6.07) is -2.61. The van der Waals surface area contributed by atoms with Gasteiger partial charge in [-0.15, -0.1) is 0 Å². The van der Waals surface area contributed by atoms with Crippen molar-refractivity contribution in [2.24, 2.45) is 0 Å². The molecule has 0 amide bonds. The molecule has 3 aromatic rings. The number of aryl methyl sites for hydroxylation is 2. The molecule has 10 heteroatoms. The molecular formula is C19H15NNa2O7. The molecule has 0 bridgehead atoms. The van der Waals surface area contributed by atoms with E-state index in [0.717, 1.165) is 4.57 Å². The maximum absolute atomic E-state index is 12.8. The first-order valence-electron chi connectivity index (χ1n) is 9.66. The second-order valence-electron chi connectivity index (χ2n) is 5.79. The third-order valence-electron chi connectivity index (χ3n) is 4.13. The topological polar surface area (TPSA) is 132 Å². The third kappa shape index (κ3) is 4.52. The number of aromatic carboxylic acids is 2. The molecule has 0 saturated heterocycles. The van der Waals surface area contributed by atoms with Crippen molar-refractivity contribution in [3.8, 4) is 0 Å². The monoisotopic (exact) mass is 418 g/mol. The number of hydrogen-bond donors (Lipinski definition) is 0. The van der Waals surface area contributed by atoms with Crippen molar-refractivity contribution >= 4 is 33.8 Å². The number of aromatic nitrogens is 1. The van der Waals surface area contributed by atoms with Crippen LogP contribution in [-0.4, -0.2) is 16.5 Å². The predicted octanol–water partition coefficient (Wildman–Crippen LogP) is -6.18. The van der Waals surface area contributed by atoms with Crippen LogP contribution in [0, 0.1) is 0 Å². The molecule has 0 spiro atoms. The van der Waals surface area contributed by atoms with Gasteiger partial charge >= 0.3 is 59.1 Å². The average Bonchev–Trinajstić information content (AvgIpc) is 2.68. The predicted molar refractivity (Wildman–Crippen MR) is 92.6 cm³/mol. The third-order valence-corrected chi connectivity index (χ3v) is 4.13. The van der Waals surface area contributed by atoms with Gasteiger partial charge in [0.05, 0.1) is 26.7 Å². The van der Waals surface area contributed by atoms with Crippen LogP contribution >= 0.6 is 0 Å². The molecule has 0 atom stereocenters. The molecule has 8 nitrogen and oxygen atoms in total. The molecule has 29 heavy (non-hydrogen) atoms. The summed E-state index contributed by atoms with van der Waals surface area (Å²) >= 11 is 0. The van der Waals surface area contributed by atoms with Gasteiger partial charge in [-0.1, -0.05) is 13.3 Å². The number of carboxylic acids is 2. The zero-order chi connectivity index (χ0) is 22.5. The van der Waals surface area contributed by atoms with E-state index in [1.807, 2.05) is 0 Å². The van der Waals surface area contributed by atoms with Crippen molar-refractivity contribution < 1.29 is 87.4 Å². The van der Waals surface area contributed by atoms with E-state index >= 15 is 0 Å². The summed E-state index contributed by atoms with van der Waals surface area (Å²) in [5.41, 5.74) is -3.20. The fourth-order valence-electron chi connectivity index (χ4n) is 3.08. The zero-order valence-corrected chi connectivity index (χ0v) is 20.4. The Morgan fingerprint density at radius 1 is 1.03 bits per heavy atom. The van der Waals surface area contributed by atoms with E-state index in [-0.39, 0.29) is 94.1 Å². The van der Waals surface area contributed by atoms with Gasteiger partial charge < -0.3 is 28.8 Å². The Labute approximate surface area is 213 Å². The quantitative estimate of drug-likeness (QED) is 0.297. The molecule has 0 aliphatic carbocycles. The van der Waals surface area contributed by atoms with Crippen LogP contribution in [0.15, 0.2) is 32.1 Å². The minimum Gasteiger partial charge on any atom is -0.543 e. The zero-order valence-electron chi connectivity index (χ0n) is 19.4. The van der Waals surface area contributed by atoms with Gasteiger partial charge in [0.15, 0.2) is 16.6 Å². The molecule has 2 aromatic heterocycles. The molecule has 2 heterocycles. The first-order valence-corrected chi connectivity index (χ1v) is 8.16. The number of rotatable bonds is 5. The van der Waals surface area contributed by atoms with Gasteiger partial charge in [0.2, 0.25) is 0 Å². The maximum atomic E-state index is 12.8. The van der Waals surface area contributed by atoms with Gasteiger partial charge in [-0.05, 0) is 19.4 Å². The van der Waals surface area contributed by atoms with E-state index in [2.05, 4.69) is 0 Å². The van der Waals surface area contributed by atoms with Crippen LogP contribution in [0.2, 0.25) is 0 Å². The Kier molecular flexibility index (Phi) is 7.23. The number of hydrogen-bond acceptors (Lipinski definition) is 7. The molecule has 0 fully saturated rings. The van der Waals surface area contributed by atoms with Crippen LogP contribution in [0.4, 0.5) is 0 Å². The summed E-state index contributed by atoms with van der Waals surface area (Å²) < 4.78 is 30.5. The van der Waals surface area contributed by atoms with Crippen molar-refractivity contribution in [1.82, 2.24) is 4.57 Å². The van der Waals surface area contributed by atoms with Crippen LogP contribution in [0.5, 0.6) is 0 Å². The number of benzene rings is 1. The fourth-order valence-corrected chi connectivity index (χ4v) is 3.08. The maximum Gasteiger partial charge on any atom is 1.00 e. The minimum atomic E-state index is -1.90. The van der Waals surface area contributed by atoms with Gasteiger partial charge in [0.1, 0.15) is 11.6 Å². The van der Waals surface area contributed by atoms with E-state index < -0.39 is 57.8 Å². The van der Waals surface area contributed by atoms with Gasteiger partial charge in [-0.3, -0.25) is 9.59 Å². The molecule has 0 aliphatic rings. The summed E-state index contributed by atoms with van der Waals surface area (Å²) in [7, 11) is 0. The van der Waals surface area contributed by atoms with Crippen molar-refractivity contribution in [2.45, 2.75) is 33.2 Å². The van der Waals surface area contributed by atoms with Crippen LogP contribution in [0.1, 0.15) is 51.0 Å². The normalized spacial score (nSPS) is 11.9. The standard InChI is InChI=1S/C19H17NO7.2Na/c1-3-5-9-16-10(13(21)7-12(18(23)24)20(16)4-2)6-11-14(22)8-15(19(25)26)27-17(9)11;;/h6-8H,3-5H2,1-2H3,(H,23,24)(H,25,26);;/q;2*+1/p-2/i6D,7D,8D;;. The van der Waals surface area contributed by atoms with Crippen LogP contribution in [0.3, 0.4) is 0 Å². The smallest absolute Gasteiger partial charge is 0.543 e. The molecular weight excluding hydrogens is 400 g/mol. The summed E-state index contributed by atoms with van der Waals surface area (Å²) in [5.74, 6) is -4.71. The summed E-state index contributed by atoms with van der Waals surface area (Å²) in [6.07, 6.45) is 0.555. The van der Waals surface area contributed by atoms with Crippen molar-refractivity contribution in [3.05, 3.63) is 55.6 Å². The second kappa shape index (κ2) is 10.1. The molecule has 0 unspecified atom stereocenters. The summed E-state index contributed by atoms with van der Waals surface area (Å²) in [6.45, 7) is 3.27. The van der Waals surface area contributed by atoms with E-state index in [1.54, 1.807) is 13.8 Å². The number of nitrogens with zero attached hydrogens (tertiary/aromatic N) is 1. The van der Waals surface area contributed by atoms with Gasteiger partial charge in [0, 0.05) is 29.6 Å². The Hall–Kier alpha value is -1.42. The summed E-state index contributed by atoms with van der Waals surface area (Å²) in [5, 5.41) is 22.1. The summed E-state index contributed by atoms with van der Waals surface area (Å²) in [4.78, 5) is 48.5. The van der Waals surface area contributed by atoms with Crippen molar-refractivity contribution in [1.29, 1.82) is 0 Å². The first-order chi connectivity index (χ1) is 14.1. The number of carboxylic acid groups (broad SMARTS) is 2. The number of pyridine rings is 1. The molecule has 3 rings (SSSR count). The Morgan fingerprint density at radius 2 is 1.66 bits per heavy atom. The van der Waals surface area contributed by atoms with E-state index in [9.17, 15) is 29.4 Å². The van der Waals surface area contributed by atoms with Crippen LogP contribution in [0.25, 0.3) is 21.9 Å². The van der Waals surface area contributed by atoms with Crippen molar-refractivity contribution in [2.75, 3.05) is 0 Å². The number of carbonyl (C=O) groups is 2. The Balaban J connectivity index is 0.00000256. The number of fused-ring (bicyclic) bond motifs is 2. The van der Waals surface area contributed by atoms with Gasteiger partial charge in [-0.2, -0.15) is 0 Å².